The molecule has 0 radical (unpaired) electrons. The first-order chi connectivity index (χ1) is 7.99. The van der Waals surface area contributed by atoms with E-state index in [9.17, 15) is 9.59 Å². The van der Waals surface area contributed by atoms with Gasteiger partial charge in [-0.2, -0.15) is 5.10 Å². The van der Waals surface area contributed by atoms with Crippen molar-refractivity contribution < 1.29 is 14.7 Å². The highest BCUT2D eigenvalue weighted by Crippen LogP contribution is 2.12. The number of anilines is 1. The van der Waals surface area contributed by atoms with E-state index in [0.717, 1.165) is 5.69 Å². The fourth-order valence-electron chi connectivity index (χ4n) is 1.50. The van der Waals surface area contributed by atoms with E-state index >= 15 is 0 Å². The average Bonchev–Trinajstić information content (AvgIpc) is 2.52. The molecule has 0 aliphatic carbocycles. The van der Waals surface area contributed by atoms with Crippen molar-refractivity contribution >= 4 is 17.6 Å². The SMILES string of the molecule is Cc1nn(C)cc1NC(=O)CCCCC(=O)O. The van der Waals surface area contributed by atoms with Gasteiger partial charge in [0.25, 0.3) is 0 Å². The highest BCUT2D eigenvalue weighted by Gasteiger charge is 2.07. The van der Waals surface area contributed by atoms with Crippen molar-refractivity contribution in [3.8, 4) is 0 Å². The van der Waals surface area contributed by atoms with Gasteiger partial charge >= 0.3 is 5.97 Å². The predicted molar refractivity (Wildman–Crippen MR) is 62.7 cm³/mol. The Morgan fingerprint density at radius 2 is 2.06 bits per heavy atom. The summed E-state index contributed by atoms with van der Waals surface area (Å²) < 4.78 is 1.63. The summed E-state index contributed by atoms with van der Waals surface area (Å²) in [4.78, 5) is 21.8. The van der Waals surface area contributed by atoms with Crippen LogP contribution in [0.3, 0.4) is 0 Å². The van der Waals surface area contributed by atoms with Crippen LogP contribution in [0.1, 0.15) is 31.4 Å². The molecule has 0 saturated heterocycles. The van der Waals surface area contributed by atoms with Gasteiger partial charge in [0.05, 0.1) is 11.4 Å². The summed E-state index contributed by atoms with van der Waals surface area (Å²) in [5.74, 6) is -0.931. The summed E-state index contributed by atoms with van der Waals surface area (Å²) in [6, 6.07) is 0. The van der Waals surface area contributed by atoms with Gasteiger partial charge in [-0.3, -0.25) is 14.3 Å². The lowest BCUT2D eigenvalue weighted by molar-refractivity contribution is -0.137. The Hall–Kier alpha value is -1.85. The third kappa shape index (κ3) is 4.67. The van der Waals surface area contributed by atoms with Crippen molar-refractivity contribution in [2.24, 2.45) is 7.05 Å². The van der Waals surface area contributed by atoms with Crippen molar-refractivity contribution in [3.05, 3.63) is 11.9 Å². The first-order valence-corrected chi connectivity index (χ1v) is 5.51. The Bertz CT molecular complexity index is 412. The van der Waals surface area contributed by atoms with Crippen LogP contribution < -0.4 is 5.32 Å². The zero-order valence-corrected chi connectivity index (χ0v) is 10.1. The number of carboxylic acids is 1. The van der Waals surface area contributed by atoms with Crippen LogP contribution in [-0.4, -0.2) is 26.8 Å². The molecule has 94 valence electrons. The maximum atomic E-state index is 11.5. The number of carboxylic acid groups (broad SMARTS) is 1. The number of aryl methyl sites for hydroxylation is 2. The molecule has 0 unspecified atom stereocenters. The third-order valence-electron chi connectivity index (χ3n) is 2.33. The summed E-state index contributed by atoms with van der Waals surface area (Å²) >= 11 is 0. The number of hydrogen-bond donors (Lipinski definition) is 2. The second kappa shape index (κ2) is 6.03. The van der Waals surface area contributed by atoms with Gasteiger partial charge in [0, 0.05) is 26.1 Å². The lowest BCUT2D eigenvalue weighted by atomic mass is 10.2. The summed E-state index contributed by atoms with van der Waals surface area (Å²) in [6.45, 7) is 1.82. The topological polar surface area (TPSA) is 84.2 Å². The fourth-order valence-corrected chi connectivity index (χ4v) is 1.50. The molecule has 0 aliphatic heterocycles. The summed E-state index contributed by atoms with van der Waals surface area (Å²) in [5.41, 5.74) is 1.47. The van der Waals surface area contributed by atoms with Crippen LogP contribution in [0.25, 0.3) is 0 Å². The van der Waals surface area contributed by atoms with E-state index in [4.69, 9.17) is 5.11 Å². The molecule has 2 N–H and O–H groups in total. The van der Waals surface area contributed by atoms with Gasteiger partial charge in [0.1, 0.15) is 0 Å². The fraction of sp³-hybridized carbons (Fsp3) is 0.545. The largest absolute Gasteiger partial charge is 0.481 e. The smallest absolute Gasteiger partial charge is 0.303 e. The van der Waals surface area contributed by atoms with Crippen LogP contribution in [0, 0.1) is 6.92 Å². The third-order valence-corrected chi connectivity index (χ3v) is 2.33. The second-order valence-corrected chi connectivity index (χ2v) is 3.95. The molecule has 17 heavy (non-hydrogen) atoms. The quantitative estimate of drug-likeness (QED) is 0.733. The molecular formula is C11H17N3O3. The molecule has 1 rings (SSSR count). The van der Waals surface area contributed by atoms with Gasteiger partial charge in [-0.05, 0) is 19.8 Å². The molecule has 0 fully saturated rings. The van der Waals surface area contributed by atoms with Crippen LogP contribution in [0.2, 0.25) is 0 Å². The van der Waals surface area contributed by atoms with E-state index in [-0.39, 0.29) is 12.3 Å². The highest BCUT2D eigenvalue weighted by atomic mass is 16.4. The lowest BCUT2D eigenvalue weighted by Crippen LogP contribution is -2.11. The molecule has 6 heteroatoms. The minimum Gasteiger partial charge on any atom is -0.481 e. The molecule has 0 saturated carbocycles. The van der Waals surface area contributed by atoms with E-state index in [0.29, 0.717) is 24.9 Å². The Morgan fingerprint density at radius 1 is 1.41 bits per heavy atom. The van der Waals surface area contributed by atoms with Crippen LogP contribution in [-0.2, 0) is 16.6 Å². The van der Waals surface area contributed by atoms with Crippen molar-refractivity contribution in [2.75, 3.05) is 5.32 Å². The number of nitrogens with one attached hydrogen (secondary N) is 1. The molecule has 1 heterocycles. The number of aliphatic carboxylic acids is 1. The van der Waals surface area contributed by atoms with Crippen molar-refractivity contribution in [1.82, 2.24) is 9.78 Å². The zero-order valence-electron chi connectivity index (χ0n) is 10.1. The number of rotatable bonds is 6. The number of hydrogen-bond acceptors (Lipinski definition) is 3. The maximum absolute atomic E-state index is 11.5. The van der Waals surface area contributed by atoms with E-state index in [1.807, 2.05) is 6.92 Å². The average molecular weight is 239 g/mol. The molecular weight excluding hydrogens is 222 g/mol. The molecule has 1 aromatic heterocycles. The van der Waals surface area contributed by atoms with Crippen LogP contribution >= 0.6 is 0 Å². The first kappa shape index (κ1) is 13.2. The van der Waals surface area contributed by atoms with Crippen molar-refractivity contribution in [1.29, 1.82) is 0 Å². The number of carbonyl (C=O) groups excluding carboxylic acids is 1. The van der Waals surface area contributed by atoms with E-state index < -0.39 is 5.97 Å². The highest BCUT2D eigenvalue weighted by molar-refractivity contribution is 5.91. The molecule has 0 bridgehead atoms. The van der Waals surface area contributed by atoms with Gasteiger partial charge in [-0.15, -0.1) is 0 Å². The molecule has 0 atom stereocenters. The van der Waals surface area contributed by atoms with E-state index in [1.165, 1.54) is 0 Å². The van der Waals surface area contributed by atoms with E-state index in [1.54, 1.807) is 17.9 Å². The van der Waals surface area contributed by atoms with Crippen molar-refractivity contribution in [3.63, 3.8) is 0 Å². The number of amides is 1. The summed E-state index contributed by atoms with van der Waals surface area (Å²) in [5, 5.41) is 15.3. The molecule has 6 nitrogen and oxygen atoms in total. The van der Waals surface area contributed by atoms with Gasteiger partial charge in [0.2, 0.25) is 5.91 Å². The number of carbonyl (C=O) groups is 2. The normalized spacial score (nSPS) is 10.2. The number of unbranched alkanes of at least 4 members (excludes halogenated alkanes) is 1. The van der Waals surface area contributed by atoms with Crippen molar-refractivity contribution in [2.45, 2.75) is 32.6 Å². The van der Waals surface area contributed by atoms with Crippen LogP contribution in [0.4, 0.5) is 5.69 Å². The minimum atomic E-state index is -0.825. The van der Waals surface area contributed by atoms with Crippen LogP contribution in [0.5, 0.6) is 0 Å². The Labute approximate surface area is 99.6 Å². The molecule has 0 spiro atoms. The van der Waals surface area contributed by atoms with Gasteiger partial charge < -0.3 is 10.4 Å². The van der Waals surface area contributed by atoms with Gasteiger partial charge in [-0.25, -0.2) is 0 Å². The first-order valence-electron chi connectivity index (χ1n) is 5.51. The zero-order chi connectivity index (χ0) is 12.8. The van der Waals surface area contributed by atoms with Gasteiger partial charge in [-0.1, -0.05) is 0 Å². The number of nitrogens with zero attached hydrogens (tertiary/aromatic N) is 2. The second-order valence-electron chi connectivity index (χ2n) is 3.95. The minimum absolute atomic E-state index is 0.105. The predicted octanol–water partition coefficient (Wildman–Crippen LogP) is 1.31. The monoisotopic (exact) mass is 239 g/mol. The van der Waals surface area contributed by atoms with Crippen LogP contribution in [0.15, 0.2) is 6.20 Å². The lowest BCUT2D eigenvalue weighted by Gasteiger charge is -2.02. The molecule has 1 amide bonds. The number of aromatic nitrogens is 2. The van der Waals surface area contributed by atoms with Gasteiger partial charge in [0.15, 0.2) is 0 Å². The molecule has 0 aromatic carbocycles. The standard InChI is InChI=1S/C11H17N3O3/c1-8-9(7-14(2)13-8)12-10(15)5-3-4-6-11(16)17/h7H,3-6H2,1-2H3,(H,12,15)(H,16,17). The summed E-state index contributed by atoms with van der Waals surface area (Å²) in [7, 11) is 1.79. The Kier molecular flexibility index (Phi) is 4.68. The maximum Gasteiger partial charge on any atom is 0.303 e. The molecule has 0 aliphatic rings. The summed E-state index contributed by atoms with van der Waals surface area (Å²) in [6.07, 6.45) is 3.29. The Balaban J connectivity index is 2.30. The molecule has 1 aromatic rings. The Morgan fingerprint density at radius 3 is 2.59 bits per heavy atom. The van der Waals surface area contributed by atoms with E-state index in [2.05, 4.69) is 10.4 Å².